The van der Waals surface area contributed by atoms with Crippen LogP contribution in [0.15, 0.2) is 12.2 Å². The van der Waals surface area contributed by atoms with Crippen LogP contribution in [0.2, 0.25) is 0 Å². The van der Waals surface area contributed by atoms with Crippen molar-refractivity contribution in [2.24, 2.45) is 0 Å². The number of ether oxygens (including phenoxy) is 2. The summed E-state index contributed by atoms with van der Waals surface area (Å²) in [5, 5.41) is 0. The summed E-state index contributed by atoms with van der Waals surface area (Å²) in [6.45, 7) is 4.49. The van der Waals surface area contributed by atoms with E-state index in [4.69, 9.17) is 9.47 Å². The van der Waals surface area contributed by atoms with Crippen LogP contribution in [-0.4, -0.2) is 29.9 Å². The lowest BCUT2D eigenvalue weighted by Crippen LogP contribution is -2.35. The molecule has 1 aliphatic carbocycles. The molecule has 0 amide bonds. The van der Waals surface area contributed by atoms with E-state index in [9.17, 15) is 14.4 Å². The number of carbonyl (C=O) groups excluding carboxylic acids is 3. The van der Waals surface area contributed by atoms with Gasteiger partial charge in [-0.25, -0.2) is 0 Å². The van der Waals surface area contributed by atoms with Gasteiger partial charge in [0.25, 0.3) is 0 Å². The molecular weight excluding hydrogens is 476 g/mol. The van der Waals surface area contributed by atoms with Gasteiger partial charge in [0.15, 0.2) is 11.9 Å². The van der Waals surface area contributed by atoms with Gasteiger partial charge in [0.05, 0.1) is 0 Å². The minimum Gasteiger partial charge on any atom is -0.454 e. The summed E-state index contributed by atoms with van der Waals surface area (Å²) in [7, 11) is 0. The predicted octanol–water partition coefficient (Wildman–Crippen LogP) is 9.35. The fourth-order valence-corrected chi connectivity index (χ4v) is 5.05. The number of hydrogen-bond acceptors (Lipinski definition) is 5. The van der Waals surface area contributed by atoms with Crippen LogP contribution in [0.4, 0.5) is 0 Å². The van der Waals surface area contributed by atoms with Crippen molar-refractivity contribution in [2.45, 2.75) is 180 Å². The second kappa shape index (κ2) is 24.4. The maximum atomic E-state index is 12.3. The van der Waals surface area contributed by atoms with Crippen LogP contribution in [0.3, 0.4) is 0 Å². The molecule has 5 nitrogen and oxygen atoms in total. The minimum absolute atomic E-state index is 0.301. The molecule has 0 aromatic carbocycles. The van der Waals surface area contributed by atoms with E-state index in [-0.39, 0.29) is 17.7 Å². The van der Waals surface area contributed by atoms with Crippen LogP contribution >= 0.6 is 0 Å². The van der Waals surface area contributed by atoms with Crippen molar-refractivity contribution in [2.75, 3.05) is 0 Å². The van der Waals surface area contributed by atoms with Gasteiger partial charge in [-0.3, -0.25) is 14.4 Å². The molecule has 0 bridgehead atoms. The summed E-state index contributed by atoms with van der Waals surface area (Å²) in [5.41, 5.74) is 0. The Hall–Kier alpha value is -1.65. The topological polar surface area (TPSA) is 69.7 Å². The Labute approximate surface area is 233 Å². The lowest BCUT2D eigenvalue weighted by atomic mass is 10.1. The predicted molar refractivity (Wildman–Crippen MR) is 156 cm³/mol. The highest BCUT2D eigenvalue weighted by Gasteiger charge is 2.36. The molecule has 0 heterocycles. The Balaban J connectivity index is 2.06. The molecule has 38 heavy (non-hydrogen) atoms. The number of carbonyl (C=O) groups is 3. The lowest BCUT2D eigenvalue weighted by Gasteiger charge is -2.19. The third-order valence-corrected chi connectivity index (χ3v) is 7.52. The lowest BCUT2D eigenvalue weighted by molar-refractivity contribution is -0.166. The highest BCUT2D eigenvalue weighted by atomic mass is 16.6. The van der Waals surface area contributed by atoms with E-state index >= 15 is 0 Å². The van der Waals surface area contributed by atoms with Gasteiger partial charge in [0.1, 0.15) is 0 Å². The number of unbranched alkanes of at least 4 members (excludes halogenated alkanes) is 20. The summed E-state index contributed by atoms with van der Waals surface area (Å²) in [5.74, 6) is -1.00. The van der Waals surface area contributed by atoms with E-state index in [0.717, 1.165) is 38.5 Å². The zero-order valence-corrected chi connectivity index (χ0v) is 24.8. The summed E-state index contributed by atoms with van der Waals surface area (Å²) < 4.78 is 10.9. The molecule has 0 aliphatic heterocycles. The van der Waals surface area contributed by atoms with Gasteiger partial charge in [-0.05, 0) is 25.0 Å². The molecule has 1 rings (SSSR count). The van der Waals surface area contributed by atoms with Crippen LogP contribution in [0.25, 0.3) is 0 Å². The zero-order valence-electron chi connectivity index (χ0n) is 24.8. The molecule has 0 saturated heterocycles. The molecule has 1 aliphatic rings. The smallest absolute Gasteiger partial charge is 0.306 e. The van der Waals surface area contributed by atoms with E-state index in [1.165, 1.54) is 109 Å². The monoisotopic (exact) mass is 534 g/mol. The van der Waals surface area contributed by atoms with Gasteiger partial charge < -0.3 is 9.47 Å². The van der Waals surface area contributed by atoms with Crippen molar-refractivity contribution in [1.82, 2.24) is 0 Å². The molecule has 0 fully saturated rings. The van der Waals surface area contributed by atoms with Crippen LogP contribution < -0.4 is 0 Å². The quantitative estimate of drug-likeness (QED) is 0.0816. The van der Waals surface area contributed by atoms with E-state index in [1.807, 2.05) is 0 Å². The van der Waals surface area contributed by atoms with Crippen LogP contribution in [0.5, 0.6) is 0 Å². The molecule has 5 heteroatoms. The number of ketones is 1. The van der Waals surface area contributed by atoms with Gasteiger partial charge in [-0.1, -0.05) is 142 Å². The first-order valence-corrected chi connectivity index (χ1v) is 16.2. The number of rotatable bonds is 26. The van der Waals surface area contributed by atoms with Crippen LogP contribution in [-0.2, 0) is 23.9 Å². The van der Waals surface area contributed by atoms with Crippen molar-refractivity contribution >= 4 is 17.7 Å². The molecule has 2 unspecified atom stereocenters. The normalized spacial score (nSPS) is 16.7. The second-order valence-corrected chi connectivity index (χ2v) is 11.2. The fraction of sp³-hybridized carbons (Fsp3) is 0.848. The Bertz CT molecular complexity index is 641. The summed E-state index contributed by atoms with van der Waals surface area (Å²) in [6.07, 6.45) is 28.6. The zero-order chi connectivity index (χ0) is 27.7. The van der Waals surface area contributed by atoms with Crippen molar-refractivity contribution in [3.8, 4) is 0 Å². The van der Waals surface area contributed by atoms with Gasteiger partial charge in [0.2, 0.25) is 6.10 Å². The minimum atomic E-state index is -1.02. The Kier molecular flexibility index (Phi) is 22.1. The maximum Gasteiger partial charge on any atom is 0.306 e. The first-order chi connectivity index (χ1) is 18.6. The van der Waals surface area contributed by atoms with E-state index < -0.39 is 12.2 Å². The molecule has 220 valence electrons. The number of hydrogen-bond donors (Lipinski definition) is 0. The van der Waals surface area contributed by atoms with Crippen LogP contribution in [0.1, 0.15) is 168 Å². The third-order valence-electron chi connectivity index (χ3n) is 7.52. The Morgan fingerprint density at radius 3 is 1.29 bits per heavy atom. The van der Waals surface area contributed by atoms with E-state index in [1.54, 1.807) is 6.08 Å². The summed E-state index contributed by atoms with van der Waals surface area (Å²) in [6, 6.07) is 0. The van der Waals surface area contributed by atoms with Crippen molar-refractivity contribution in [3.05, 3.63) is 12.2 Å². The molecular formula is C33H58O5. The highest BCUT2D eigenvalue weighted by Crippen LogP contribution is 2.19. The van der Waals surface area contributed by atoms with Gasteiger partial charge in [-0.15, -0.1) is 0 Å². The van der Waals surface area contributed by atoms with Crippen molar-refractivity contribution in [3.63, 3.8) is 0 Å². The summed E-state index contributed by atoms with van der Waals surface area (Å²) >= 11 is 0. The highest BCUT2D eigenvalue weighted by molar-refractivity contribution is 5.98. The second-order valence-electron chi connectivity index (χ2n) is 11.2. The average molecular weight is 535 g/mol. The standard InChI is InChI=1S/C33H58O5/c1-3-5-7-9-11-13-15-17-19-21-23-25-31(35)37-30-28-27-29(34)33(30)38-32(36)26-24-22-20-18-16-14-12-10-8-6-4-2/h27-28,30,33H,3-26H2,1-2H3. The fourth-order valence-electron chi connectivity index (χ4n) is 5.05. The first-order valence-electron chi connectivity index (χ1n) is 16.2. The number of esters is 2. The van der Waals surface area contributed by atoms with Gasteiger partial charge in [-0.2, -0.15) is 0 Å². The molecule has 0 aromatic rings. The molecule has 0 N–H and O–H groups in total. The third kappa shape index (κ3) is 18.6. The van der Waals surface area contributed by atoms with E-state index in [2.05, 4.69) is 13.8 Å². The largest absolute Gasteiger partial charge is 0.454 e. The van der Waals surface area contributed by atoms with Gasteiger partial charge in [0, 0.05) is 12.8 Å². The molecule has 0 saturated carbocycles. The van der Waals surface area contributed by atoms with Crippen molar-refractivity contribution in [1.29, 1.82) is 0 Å². The molecule has 0 spiro atoms. The molecule has 0 radical (unpaired) electrons. The SMILES string of the molecule is CCCCCCCCCCCCCC(=O)OC1C=CC(=O)C1OC(=O)CCCCCCCCCCCCC. The van der Waals surface area contributed by atoms with Crippen molar-refractivity contribution < 1.29 is 23.9 Å². The average Bonchev–Trinajstić information content (AvgIpc) is 3.24. The first kappa shape index (κ1) is 34.4. The molecule has 2 atom stereocenters. The Morgan fingerprint density at radius 2 is 0.895 bits per heavy atom. The molecule has 0 aromatic heterocycles. The maximum absolute atomic E-state index is 12.3. The summed E-state index contributed by atoms with van der Waals surface area (Å²) in [4.78, 5) is 36.7. The van der Waals surface area contributed by atoms with Gasteiger partial charge >= 0.3 is 11.9 Å². The Morgan fingerprint density at radius 1 is 0.553 bits per heavy atom. The van der Waals surface area contributed by atoms with E-state index in [0.29, 0.717) is 12.8 Å². The van der Waals surface area contributed by atoms with Crippen LogP contribution in [0, 0.1) is 0 Å².